The summed E-state index contributed by atoms with van der Waals surface area (Å²) < 4.78 is 29.8. The summed E-state index contributed by atoms with van der Waals surface area (Å²) in [7, 11) is -3.57. The van der Waals surface area contributed by atoms with Crippen molar-refractivity contribution in [2.45, 2.75) is 44.6 Å². The van der Waals surface area contributed by atoms with E-state index in [2.05, 4.69) is 5.10 Å². The number of piperazine rings is 1. The first-order valence-corrected chi connectivity index (χ1v) is 13.3. The normalized spacial score (nSPS) is 16.6. The Morgan fingerprint density at radius 1 is 0.941 bits per heavy atom. The number of sulfonamides is 1. The van der Waals surface area contributed by atoms with E-state index in [-0.39, 0.29) is 5.91 Å². The lowest BCUT2D eigenvalue weighted by molar-refractivity contribution is 0.0696. The molecule has 2 aromatic carbocycles. The van der Waals surface area contributed by atoms with Crippen LogP contribution in [0.2, 0.25) is 0 Å². The highest BCUT2D eigenvalue weighted by Gasteiger charge is 2.32. The third-order valence-electron chi connectivity index (χ3n) is 7.00. The molecule has 5 rings (SSSR count). The van der Waals surface area contributed by atoms with E-state index in [1.165, 1.54) is 9.87 Å². The molecule has 1 aromatic heterocycles. The first-order chi connectivity index (χ1) is 16.3. The standard InChI is InChI=1S/C26H30N4O3S/c1-19-25(20(2)30(27-19)18-21-7-4-3-5-8-21)26(31)28-13-15-29(16-14-28)34(32,33)24-12-11-22-9-6-10-23(22)17-24/h3-5,7-8,11-12,17H,6,9-10,13-16,18H2,1-2H3. The van der Waals surface area contributed by atoms with E-state index in [0.717, 1.165) is 36.1 Å². The molecule has 1 aliphatic carbocycles. The van der Waals surface area contributed by atoms with Gasteiger partial charge < -0.3 is 4.90 Å². The molecule has 8 heteroatoms. The summed E-state index contributed by atoms with van der Waals surface area (Å²) in [6.45, 7) is 5.70. The number of carbonyl (C=O) groups is 1. The van der Waals surface area contributed by atoms with Crippen LogP contribution in [0.1, 0.15) is 44.9 Å². The molecule has 2 aliphatic rings. The molecule has 0 saturated carbocycles. The molecular weight excluding hydrogens is 448 g/mol. The Hall–Kier alpha value is -2.97. The first kappa shape index (κ1) is 22.8. The molecule has 7 nitrogen and oxygen atoms in total. The summed E-state index contributed by atoms with van der Waals surface area (Å²) >= 11 is 0. The maximum absolute atomic E-state index is 13.4. The van der Waals surface area contributed by atoms with Crippen molar-refractivity contribution >= 4 is 15.9 Å². The molecule has 1 aliphatic heterocycles. The van der Waals surface area contributed by atoms with Crippen molar-refractivity contribution < 1.29 is 13.2 Å². The monoisotopic (exact) mass is 478 g/mol. The quantitative estimate of drug-likeness (QED) is 0.565. The second kappa shape index (κ2) is 9.00. The third-order valence-corrected chi connectivity index (χ3v) is 8.90. The van der Waals surface area contributed by atoms with Gasteiger partial charge in [0.2, 0.25) is 10.0 Å². The van der Waals surface area contributed by atoms with Crippen LogP contribution in [-0.4, -0.2) is 59.5 Å². The van der Waals surface area contributed by atoms with Gasteiger partial charge in [0.1, 0.15) is 0 Å². The highest BCUT2D eigenvalue weighted by atomic mass is 32.2. The van der Waals surface area contributed by atoms with Crippen LogP contribution in [0.4, 0.5) is 0 Å². The van der Waals surface area contributed by atoms with Crippen LogP contribution in [0, 0.1) is 13.8 Å². The van der Waals surface area contributed by atoms with Crippen LogP contribution < -0.4 is 0 Å². The third kappa shape index (κ3) is 4.16. The van der Waals surface area contributed by atoms with E-state index in [4.69, 9.17) is 0 Å². The lowest BCUT2D eigenvalue weighted by Crippen LogP contribution is -2.50. The number of hydrogen-bond acceptors (Lipinski definition) is 4. The average Bonchev–Trinajstić information content (AvgIpc) is 3.42. The fourth-order valence-electron chi connectivity index (χ4n) is 5.06. The van der Waals surface area contributed by atoms with Crippen molar-refractivity contribution in [1.29, 1.82) is 0 Å². The van der Waals surface area contributed by atoms with Crippen molar-refractivity contribution in [3.63, 3.8) is 0 Å². The largest absolute Gasteiger partial charge is 0.336 e. The lowest BCUT2D eigenvalue weighted by atomic mass is 10.1. The van der Waals surface area contributed by atoms with Gasteiger partial charge in [0.15, 0.2) is 0 Å². The summed E-state index contributed by atoms with van der Waals surface area (Å²) in [6.07, 6.45) is 3.05. The van der Waals surface area contributed by atoms with Gasteiger partial charge in [-0.05, 0) is 61.9 Å². The van der Waals surface area contributed by atoms with Gasteiger partial charge in [-0.1, -0.05) is 36.4 Å². The molecule has 0 spiro atoms. The number of carbonyl (C=O) groups excluding carboxylic acids is 1. The molecule has 178 valence electrons. The van der Waals surface area contributed by atoms with Crippen molar-refractivity contribution in [2.24, 2.45) is 0 Å². The fourth-order valence-corrected chi connectivity index (χ4v) is 6.54. The molecule has 34 heavy (non-hydrogen) atoms. The highest BCUT2D eigenvalue weighted by molar-refractivity contribution is 7.89. The Morgan fingerprint density at radius 2 is 1.65 bits per heavy atom. The molecule has 0 unspecified atom stereocenters. The molecule has 0 bridgehead atoms. The number of fused-ring (bicyclic) bond motifs is 1. The van der Waals surface area contributed by atoms with Gasteiger partial charge in [-0.3, -0.25) is 9.48 Å². The van der Waals surface area contributed by atoms with Gasteiger partial charge in [0.05, 0.1) is 22.7 Å². The van der Waals surface area contributed by atoms with Crippen LogP contribution in [0.15, 0.2) is 53.4 Å². The predicted octanol–water partition coefficient (Wildman–Crippen LogP) is 3.18. The minimum absolute atomic E-state index is 0.0797. The van der Waals surface area contributed by atoms with E-state index in [1.54, 1.807) is 11.0 Å². The summed E-state index contributed by atoms with van der Waals surface area (Å²) in [4.78, 5) is 15.5. The van der Waals surface area contributed by atoms with E-state index in [1.807, 2.05) is 61.0 Å². The Kier molecular flexibility index (Phi) is 6.04. The van der Waals surface area contributed by atoms with E-state index in [0.29, 0.717) is 48.9 Å². The molecule has 1 fully saturated rings. The topological polar surface area (TPSA) is 75.5 Å². The zero-order chi connectivity index (χ0) is 23.9. The van der Waals surface area contributed by atoms with Gasteiger partial charge in [-0.25, -0.2) is 8.42 Å². The Morgan fingerprint density at radius 3 is 2.38 bits per heavy atom. The molecule has 0 N–H and O–H groups in total. The van der Waals surface area contributed by atoms with Gasteiger partial charge in [-0.15, -0.1) is 0 Å². The zero-order valence-corrected chi connectivity index (χ0v) is 20.5. The van der Waals surface area contributed by atoms with Crippen LogP contribution in [0.3, 0.4) is 0 Å². The van der Waals surface area contributed by atoms with Crippen LogP contribution in [-0.2, 0) is 29.4 Å². The van der Waals surface area contributed by atoms with Crippen LogP contribution in [0.25, 0.3) is 0 Å². The number of benzene rings is 2. The smallest absolute Gasteiger partial charge is 0.257 e. The molecule has 1 amide bonds. The molecular formula is C26H30N4O3S. The molecule has 0 atom stereocenters. The van der Waals surface area contributed by atoms with Crippen LogP contribution in [0.5, 0.6) is 0 Å². The van der Waals surface area contributed by atoms with Gasteiger partial charge in [0, 0.05) is 31.9 Å². The minimum atomic E-state index is -3.57. The average molecular weight is 479 g/mol. The molecule has 0 radical (unpaired) electrons. The molecule has 1 saturated heterocycles. The Labute approximate surface area is 201 Å². The predicted molar refractivity (Wildman–Crippen MR) is 130 cm³/mol. The fraction of sp³-hybridized carbons (Fsp3) is 0.385. The number of rotatable bonds is 5. The highest BCUT2D eigenvalue weighted by Crippen LogP contribution is 2.27. The SMILES string of the molecule is Cc1nn(Cc2ccccc2)c(C)c1C(=O)N1CCN(S(=O)(=O)c2ccc3c(c2)CCC3)CC1. The number of aromatic nitrogens is 2. The molecule has 3 aromatic rings. The van der Waals surface area contributed by atoms with Crippen LogP contribution >= 0.6 is 0 Å². The number of amides is 1. The summed E-state index contributed by atoms with van der Waals surface area (Å²) in [5.41, 5.74) is 5.68. The Bertz CT molecular complexity index is 1320. The van der Waals surface area contributed by atoms with E-state index >= 15 is 0 Å². The van der Waals surface area contributed by atoms with E-state index < -0.39 is 10.0 Å². The molecule has 2 heterocycles. The summed E-state index contributed by atoms with van der Waals surface area (Å²) in [5, 5.41) is 4.61. The van der Waals surface area contributed by atoms with E-state index in [9.17, 15) is 13.2 Å². The zero-order valence-electron chi connectivity index (χ0n) is 19.7. The van der Waals surface area contributed by atoms with Gasteiger partial charge >= 0.3 is 0 Å². The number of nitrogens with zero attached hydrogens (tertiary/aromatic N) is 4. The van der Waals surface area contributed by atoms with Crippen molar-refractivity contribution in [1.82, 2.24) is 19.0 Å². The lowest BCUT2D eigenvalue weighted by Gasteiger charge is -2.34. The summed E-state index contributed by atoms with van der Waals surface area (Å²) in [6, 6.07) is 15.6. The maximum atomic E-state index is 13.4. The van der Waals surface area contributed by atoms with Gasteiger partial charge in [0.25, 0.3) is 5.91 Å². The second-order valence-corrected chi connectivity index (χ2v) is 11.1. The summed E-state index contributed by atoms with van der Waals surface area (Å²) in [5.74, 6) is -0.0797. The van der Waals surface area contributed by atoms with Crippen molar-refractivity contribution in [2.75, 3.05) is 26.2 Å². The van der Waals surface area contributed by atoms with Gasteiger partial charge in [-0.2, -0.15) is 9.40 Å². The van der Waals surface area contributed by atoms with Crippen molar-refractivity contribution in [3.05, 3.63) is 82.2 Å². The Balaban J connectivity index is 1.28. The first-order valence-electron chi connectivity index (χ1n) is 11.8. The number of aryl methyl sites for hydroxylation is 3. The minimum Gasteiger partial charge on any atom is -0.336 e. The second-order valence-electron chi connectivity index (χ2n) is 9.17. The number of hydrogen-bond donors (Lipinski definition) is 0. The maximum Gasteiger partial charge on any atom is 0.257 e. The van der Waals surface area contributed by atoms with Crippen molar-refractivity contribution in [3.8, 4) is 0 Å².